The van der Waals surface area contributed by atoms with Gasteiger partial charge in [-0.2, -0.15) is 5.10 Å². The number of fused-ring (bicyclic) bond motifs is 1. The molecule has 28 heavy (non-hydrogen) atoms. The number of aryl methyl sites for hydroxylation is 1. The highest BCUT2D eigenvalue weighted by atomic mass is 16.5. The van der Waals surface area contributed by atoms with Gasteiger partial charge < -0.3 is 10.1 Å². The average molecular weight is 389 g/mol. The van der Waals surface area contributed by atoms with Crippen LogP contribution in [-0.4, -0.2) is 46.3 Å². The van der Waals surface area contributed by atoms with Crippen LogP contribution < -0.4 is 5.32 Å². The zero-order chi connectivity index (χ0) is 19.3. The van der Waals surface area contributed by atoms with E-state index in [0.29, 0.717) is 18.6 Å². The molecule has 0 unspecified atom stereocenters. The third-order valence-electron chi connectivity index (χ3n) is 6.80. The molecule has 3 heterocycles. The molecule has 0 spiro atoms. The number of rotatable bonds is 6. The number of likely N-dealkylation sites (tertiary alicyclic amines) is 1. The molecule has 0 aromatic carbocycles. The Morgan fingerprint density at radius 3 is 2.71 bits per heavy atom. The maximum Gasteiger partial charge on any atom is 0.220 e. The van der Waals surface area contributed by atoms with E-state index < -0.39 is 0 Å². The Labute approximate surface area is 169 Å². The molecule has 0 radical (unpaired) electrons. The van der Waals surface area contributed by atoms with Crippen LogP contribution in [0, 0.1) is 5.92 Å². The van der Waals surface area contributed by atoms with E-state index >= 15 is 0 Å². The van der Waals surface area contributed by atoms with Crippen LogP contribution in [0.2, 0.25) is 0 Å². The van der Waals surface area contributed by atoms with Crippen molar-refractivity contribution in [3.05, 3.63) is 17.0 Å². The first kappa shape index (κ1) is 19.9. The van der Waals surface area contributed by atoms with Crippen molar-refractivity contribution in [3.63, 3.8) is 0 Å². The van der Waals surface area contributed by atoms with E-state index in [1.165, 1.54) is 49.1 Å². The number of nitrogens with one attached hydrogen (secondary N) is 1. The molecule has 1 saturated carbocycles. The van der Waals surface area contributed by atoms with Crippen molar-refractivity contribution in [2.45, 2.75) is 90.4 Å². The van der Waals surface area contributed by atoms with Crippen molar-refractivity contribution in [2.24, 2.45) is 5.92 Å². The molecule has 0 atom stereocenters. The van der Waals surface area contributed by atoms with Crippen LogP contribution in [-0.2, 0) is 35.6 Å². The quantitative estimate of drug-likeness (QED) is 0.814. The molecule has 2 fully saturated rings. The second kappa shape index (κ2) is 9.40. The predicted octanol–water partition coefficient (Wildman–Crippen LogP) is 3.03. The van der Waals surface area contributed by atoms with Crippen molar-refractivity contribution >= 4 is 5.91 Å². The van der Waals surface area contributed by atoms with Gasteiger partial charge in [-0.25, -0.2) is 0 Å². The predicted molar refractivity (Wildman–Crippen MR) is 109 cm³/mol. The molecule has 2 aliphatic heterocycles. The molecule has 3 aliphatic rings. The van der Waals surface area contributed by atoms with Gasteiger partial charge in [-0.15, -0.1) is 0 Å². The minimum absolute atomic E-state index is 0.276. The minimum Gasteiger partial charge on any atom is -0.376 e. The lowest BCUT2D eigenvalue weighted by atomic mass is 9.86. The second-order valence-electron chi connectivity index (χ2n) is 8.82. The molecule has 1 aromatic heterocycles. The maximum atomic E-state index is 12.4. The molecule has 1 aliphatic carbocycles. The van der Waals surface area contributed by atoms with Gasteiger partial charge in [-0.1, -0.05) is 19.3 Å². The number of amides is 1. The fourth-order valence-electron chi connectivity index (χ4n) is 5.15. The van der Waals surface area contributed by atoms with Gasteiger partial charge in [0.05, 0.1) is 18.9 Å². The highest BCUT2D eigenvalue weighted by molar-refractivity contribution is 5.76. The van der Waals surface area contributed by atoms with Crippen LogP contribution in [0.3, 0.4) is 0 Å². The van der Waals surface area contributed by atoms with Gasteiger partial charge in [0.15, 0.2) is 0 Å². The van der Waals surface area contributed by atoms with Gasteiger partial charge in [-0.3, -0.25) is 14.4 Å². The lowest BCUT2D eigenvalue weighted by Gasteiger charge is -2.32. The van der Waals surface area contributed by atoms with Crippen molar-refractivity contribution < 1.29 is 9.53 Å². The summed E-state index contributed by atoms with van der Waals surface area (Å²) in [6.45, 7) is 7.57. The Morgan fingerprint density at radius 1 is 1.18 bits per heavy atom. The molecule has 6 nitrogen and oxygen atoms in total. The van der Waals surface area contributed by atoms with Crippen molar-refractivity contribution in [1.29, 1.82) is 0 Å². The minimum atomic E-state index is 0.276. The lowest BCUT2D eigenvalue weighted by Crippen LogP contribution is -2.44. The summed E-state index contributed by atoms with van der Waals surface area (Å²) in [5.74, 6) is 0.897. The standard InChI is InChI=1S/C22H36N4O2/c1-2-26-21-10-13-28-16-19(21)20(24-26)15-25-11-8-18(9-12-25)23-22(27)14-17-6-4-3-5-7-17/h17-18H,2-16H2,1H3,(H,23,27). The van der Waals surface area contributed by atoms with E-state index in [1.54, 1.807) is 0 Å². The monoisotopic (exact) mass is 388 g/mol. The molecular formula is C22H36N4O2. The first-order valence-electron chi connectivity index (χ1n) is 11.4. The molecular weight excluding hydrogens is 352 g/mol. The summed E-state index contributed by atoms with van der Waals surface area (Å²) in [4.78, 5) is 14.9. The number of hydrogen-bond donors (Lipinski definition) is 1. The van der Waals surface area contributed by atoms with E-state index in [1.807, 2.05) is 0 Å². The van der Waals surface area contributed by atoms with Gasteiger partial charge >= 0.3 is 0 Å². The molecule has 1 N–H and O–H groups in total. The fraction of sp³-hybridized carbons (Fsp3) is 0.818. The van der Waals surface area contributed by atoms with Crippen LogP contribution in [0.1, 0.15) is 75.2 Å². The molecule has 4 rings (SSSR count). The maximum absolute atomic E-state index is 12.4. The number of aromatic nitrogens is 2. The van der Waals surface area contributed by atoms with E-state index in [0.717, 1.165) is 58.5 Å². The summed E-state index contributed by atoms with van der Waals surface area (Å²) < 4.78 is 7.85. The van der Waals surface area contributed by atoms with Crippen LogP contribution in [0.4, 0.5) is 0 Å². The van der Waals surface area contributed by atoms with Crippen LogP contribution >= 0.6 is 0 Å². The number of piperidine rings is 1. The van der Waals surface area contributed by atoms with Gasteiger partial charge in [0.2, 0.25) is 5.91 Å². The SMILES string of the molecule is CCn1nc(CN2CCC(NC(=O)CC3CCCCC3)CC2)c2c1CCOC2. The first-order valence-corrected chi connectivity index (χ1v) is 11.4. The van der Waals surface area contributed by atoms with Crippen molar-refractivity contribution in [3.8, 4) is 0 Å². The van der Waals surface area contributed by atoms with Crippen molar-refractivity contribution in [2.75, 3.05) is 19.7 Å². The molecule has 0 bridgehead atoms. The fourth-order valence-corrected chi connectivity index (χ4v) is 5.15. The van der Waals surface area contributed by atoms with E-state index in [2.05, 4.69) is 21.8 Å². The van der Waals surface area contributed by atoms with Gasteiger partial charge in [0.1, 0.15) is 0 Å². The summed E-state index contributed by atoms with van der Waals surface area (Å²) in [5.41, 5.74) is 3.88. The summed E-state index contributed by atoms with van der Waals surface area (Å²) in [6, 6.07) is 0.345. The topological polar surface area (TPSA) is 59.4 Å². The van der Waals surface area contributed by atoms with Crippen LogP contribution in [0.15, 0.2) is 0 Å². The van der Waals surface area contributed by atoms with Gasteiger partial charge in [0.25, 0.3) is 0 Å². The average Bonchev–Trinajstić information content (AvgIpc) is 3.08. The van der Waals surface area contributed by atoms with Crippen LogP contribution in [0.5, 0.6) is 0 Å². The Morgan fingerprint density at radius 2 is 1.96 bits per heavy atom. The summed E-state index contributed by atoms with van der Waals surface area (Å²) in [7, 11) is 0. The normalized spacial score (nSPS) is 22.2. The summed E-state index contributed by atoms with van der Waals surface area (Å²) in [6.07, 6.45) is 10.2. The highest BCUT2D eigenvalue weighted by Gasteiger charge is 2.26. The molecule has 1 amide bonds. The third-order valence-corrected chi connectivity index (χ3v) is 6.80. The smallest absolute Gasteiger partial charge is 0.220 e. The number of nitrogens with zero attached hydrogens (tertiary/aromatic N) is 3. The zero-order valence-electron chi connectivity index (χ0n) is 17.4. The van der Waals surface area contributed by atoms with Gasteiger partial charge in [-0.05, 0) is 38.5 Å². The lowest BCUT2D eigenvalue weighted by molar-refractivity contribution is -0.123. The molecule has 6 heteroatoms. The van der Waals surface area contributed by atoms with E-state index in [-0.39, 0.29) is 5.91 Å². The van der Waals surface area contributed by atoms with Crippen molar-refractivity contribution in [1.82, 2.24) is 20.0 Å². The summed E-state index contributed by atoms with van der Waals surface area (Å²) in [5, 5.41) is 8.17. The highest BCUT2D eigenvalue weighted by Crippen LogP contribution is 2.27. The van der Waals surface area contributed by atoms with Gasteiger partial charge in [0, 0.05) is 56.3 Å². The summed E-state index contributed by atoms with van der Waals surface area (Å²) >= 11 is 0. The van der Waals surface area contributed by atoms with E-state index in [4.69, 9.17) is 9.84 Å². The number of hydrogen-bond acceptors (Lipinski definition) is 4. The van der Waals surface area contributed by atoms with Crippen LogP contribution in [0.25, 0.3) is 0 Å². The Kier molecular flexibility index (Phi) is 6.68. The zero-order valence-corrected chi connectivity index (χ0v) is 17.4. The molecule has 1 saturated heterocycles. The Hall–Kier alpha value is -1.40. The van der Waals surface area contributed by atoms with E-state index in [9.17, 15) is 4.79 Å². The number of carbonyl (C=O) groups excluding carboxylic acids is 1. The Balaban J connectivity index is 1.24. The second-order valence-corrected chi connectivity index (χ2v) is 8.82. The number of ether oxygens (including phenoxy) is 1. The largest absolute Gasteiger partial charge is 0.376 e. The molecule has 1 aromatic rings. The Bertz CT molecular complexity index is 658. The first-order chi connectivity index (χ1) is 13.7. The third kappa shape index (κ3) is 4.77. The molecule has 156 valence electrons. The number of carbonyl (C=O) groups is 1.